The van der Waals surface area contributed by atoms with Gasteiger partial charge in [-0.05, 0) is 12.1 Å². The molecule has 4 heteroatoms. The summed E-state index contributed by atoms with van der Waals surface area (Å²) in [4.78, 5) is 8.29. The zero-order valence-electron chi connectivity index (χ0n) is 7.38. The molecule has 2 aromatic heterocycles. The third kappa shape index (κ3) is 0.821. The van der Waals surface area contributed by atoms with E-state index in [1.807, 2.05) is 34.9 Å². The highest BCUT2D eigenvalue weighted by Crippen LogP contribution is 2.19. The average Bonchev–Trinajstić information content (AvgIpc) is 2.66. The Labute approximate surface area is 80.0 Å². The van der Waals surface area contributed by atoms with Crippen molar-refractivity contribution in [2.45, 2.75) is 0 Å². The zero-order valence-corrected chi connectivity index (χ0v) is 7.38. The van der Waals surface area contributed by atoms with Gasteiger partial charge in [0.05, 0.1) is 5.52 Å². The van der Waals surface area contributed by atoms with E-state index in [2.05, 4.69) is 9.97 Å². The summed E-state index contributed by atoms with van der Waals surface area (Å²) in [6.45, 7) is 0. The molecular weight excluding hydrogens is 176 g/mol. The number of nitrogens with zero attached hydrogens (tertiary/aromatic N) is 3. The van der Waals surface area contributed by atoms with Crippen LogP contribution in [0.25, 0.3) is 16.7 Å². The highest BCUT2D eigenvalue weighted by molar-refractivity contribution is 5.89. The van der Waals surface area contributed by atoms with Gasteiger partial charge >= 0.3 is 0 Å². The number of para-hydroxylation sites is 1. The van der Waals surface area contributed by atoms with Crippen LogP contribution in [-0.2, 0) is 0 Å². The van der Waals surface area contributed by atoms with Crippen LogP contribution in [0.2, 0.25) is 0 Å². The Morgan fingerprint density at radius 3 is 3.00 bits per heavy atom. The highest BCUT2D eigenvalue weighted by Gasteiger charge is 2.04. The van der Waals surface area contributed by atoms with E-state index in [-0.39, 0.29) is 0 Å². The lowest BCUT2D eigenvalue weighted by molar-refractivity contribution is 1.17. The molecule has 0 aliphatic carbocycles. The second-order valence-electron chi connectivity index (χ2n) is 3.11. The molecule has 3 aromatic rings. The standard InChI is InChI=1S/C10H8N4/c11-9-7-3-1-2-4-8(7)14-6-5-12-10(14)13-9/h1-6H,(H2,11,12,13). The van der Waals surface area contributed by atoms with Crippen molar-refractivity contribution in [3.05, 3.63) is 36.7 Å². The van der Waals surface area contributed by atoms with E-state index in [9.17, 15) is 0 Å². The van der Waals surface area contributed by atoms with Crippen LogP contribution in [0.4, 0.5) is 5.82 Å². The van der Waals surface area contributed by atoms with Crippen LogP contribution in [0.1, 0.15) is 0 Å². The van der Waals surface area contributed by atoms with E-state index in [4.69, 9.17) is 5.73 Å². The Bertz CT molecular complexity index is 612. The van der Waals surface area contributed by atoms with E-state index in [1.54, 1.807) is 6.20 Å². The minimum atomic E-state index is 0.527. The molecule has 0 aliphatic rings. The van der Waals surface area contributed by atoms with Gasteiger partial charge in [-0.1, -0.05) is 12.1 Å². The van der Waals surface area contributed by atoms with Crippen LogP contribution < -0.4 is 5.73 Å². The maximum atomic E-state index is 5.82. The summed E-state index contributed by atoms with van der Waals surface area (Å²) >= 11 is 0. The highest BCUT2D eigenvalue weighted by atomic mass is 15.1. The molecular formula is C10H8N4. The molecule has 0 unspecified atom stereocenters. The van der Waals surface area contributed by atoms with Crippen LogP contribution in [0.3, 0.4) is 0 Å². The molecule has 2 heterocycles. The number of imidazole rings is 1. The fourth-order valence-corrected chi connectivity index (χ4v) is 1.63. The first-order valence-electron chi connectivity index (χ1n) is 4.33. The molecule has 68 valence electrons. The van der Waals surface area contributed by atoms with Crippen molar-refractivity contribution in [3.63, 3.8) is 0 Å². The lowest BCUT2D eigenvalue weighted by Gasteiger charge is -2.03. The Morgan fingerprint density at radius 1 is 1.21 bits per heavy atom. The first kappa shape index (κ1) is 7.32. The van der Waals surface area contributed by atoms with Crippen molar-refractivity contribution in [3.8, 4) is 0 Å². The molecule has 0 spiro atoms. The summed E-state index contributed by atoms with van der Waals surface area (Å²) in [6, 6.07) is 7.88. The van der Waals surface area contributed by atoms with Crippen molar-refractivity contribution >= 4 is 22.5 Å². The summed E-state index contributed by atoms with van der Waals surface area (Å²) in [7, 11) is 0. The summed E-state index contributed by atoms with van der Waals surface area (Å²) in [5.41, 5.74) is 6.85. The fraction of sp³-hybridized carbons (Fsp3) is 0. The quantitative estimate of drug-likeness (QED) is 0.575. The van der Waals surface area contributed by atoms with Crippen LogP contribution in [0.15, 0.2) is 36.7 Å². The van der Waals surface area contributed by atoms with E-state index in [1.165, 1.54) is 0 Å². The molecule has 0 aliphatic heterocycles. The van der Waals surface area contributed by atoms with E-state index in [0.717, 1.165) is 10.9 Å². The average molecular weight is 184 g/mol. The van der Waals surface area contributed by atoms with Crippen LogP contribution in [0.5, 0.6) is 0 Å². The number of aromatic nitrogens is 3. The largest absolute Gasteiger partial charge is 0.383 e. The monoisotopic (exact) mass is 184 g/mol. The smallest absolute Gasteiger partial charge is 0.236 e. The SMILES string of the molecule is Nc1nc2nccn2c2ccccc12. The lowest BCUT2D eigenvalue weighted by atomic mass is 10.2. The molecule has 0 fully saturated rings. The molecule has 3 rings (SSSR count). The molecule has 0 saturated carbocycles. The summed E-state index contributed by atoms with van der Waals surface area (Å²) in [6.07, 6.45) is 3.60. The van der Waals surface area contributed by atoms with Gasteiger partial charge < -0.3 is 5.73 Å². The Balaban J connectivity index is 2.67. The van der Waals surface area contributed by atoms with Gasteiger partial charge in [-0.3, -0.25) is 4.40 Å². The molecule has 4 nitrogen and oxygen atoms in total. The second-order valence-corrected chi connectivity index (χ2v) is 3.11. The minimum absolute atomic E-state index is 0.527. The molecule has 0 atom stereocenters. The molecule has 0 bridgehead atoms. The van der Waals surface area contributed by atoms with Gasteiger partial charge in [-0.2, -0.15) is 4.98 Å². The van der Waals surface area contributed by atoms with Gasteiger partial charge in [-0.15, -0.1) is 0 Å². The zero-order chi connectivity index (χ0) is 9.54. The minimum Gasteiger partial charge on any atom is -0.383 e. The van der Waals surface area contributed by atoms with Gasteiger partial charge in [0, 0.05) is 17.8 Å². The Morgan fingerprint density at radius 2 is 2.07 bits per heavy atom. The van der Waals surface area contributed by atoms with Crippen molar-refractivity contribution in [1.29, 1.82) is 0 Å². The summed E-state index contributed by atoms with van der Waals surface area (Å²) < 4.78 is 1.92. The summed E-state index contributed by atoms with van der Waals surface area (Å²) in [5, 5.41) is 0.956. The van der Waals surface area contributed by atoms with Crippen LogP contribution in [-0.4, -0.2) is 14.4 Å². The van der Waals surface area contributed by atoms with E-state index < -0.39 is 0 Å². The maximum absolute atomic E-state index is 5.82. The number of benzene rings is 1. The predicted octanol–water partition coefficient (Wildman–Crippen LogP) is 1.46. The third-order valence-corrected chi connectivity index (χ3v) is 2.28. The number of hydrogen-bond donors (Lipinski definition) is 1. The third-order valence-electron chi connectivity index (χ3n) is 2.28. The number of nitrogen functional groups attached to an aromatic ring is 1. The van der Waals surface area contributed by atoms with Gasteiger partial charge in [-0.25, -0.2) is 4.98 Å². The van der Waals surface area contributed by atoms with Crippen molar-refractivity contribution in [2.75, 3.05) is 5.73 Å². The first-order valence-corrected chi connectivity index (χ1v) is 4.33. The molecule has 2 N–H and O–H groups in total. The molecule has 0 amide bonds. The Kier molecular flexibility index (Phi) is 1.28. The molecule has 14 heavy (non-hydrogen) atoms. The Hall–Kier alpha value is -2.10. The van der Waals surface area contributed by atoms with Crippen molar-refractivity contribution < 1.29 is 0 Å². The van der Waals surface area contributed by atoms with E-state index >= 15 is 0 Å². The number of anilines is 1. The van der Waals surface area contributed by atoms with Crippen LogP contribution >= 0.6 is 0 Å². The second kappa shape index (κ2) is 2.45. The van der Waals surface area contributed by atoms with Crippen molar-refractivity contribution in [2.24, 2.45) is 0 Å². The fourth-order valence-electron chi connectivity index (χ4n) is 1.63. The number of rotatable bonds is 0. The molecule has 1 aromatic carbocycles. The lowest BCUT2D eigenvalue weighted by Crippen LogP contribution is -1.97. The normalized spacial score (nSPS) is 11.1. The van der Waals surface area contributed by atoms with Crippen LogP contribution in [0, 0.1) is 0 Å². The number of fused-ring (bicyclic) bond motifs is 3. The topological polar surface area (TPSA) is 56.2 Å². The molecule has 0 radical (unpaired) electrons. The van der Waals surface area contributed by atoms with E-state index in [0.29, 0.717) is 11.6 Å². The predicted molar refractivity (Wildman–Crippen MR) is 54.9 cm³/mol. The van der Waals surface area contributed by atoms with Gasteiger partial charge in [0.2, 0.25) is 5.78 Å². The van der Waals surface area contributed by atoms with Crippen molar-refractivity contribution in [1.82, 2.24) is 14.4 Å². The first-order chi connectivity index (χ1) is 6.86. The number of hydrogen-bond acceptors (Lipinski definition) is 3. The number of nitrogens with two attached hydrogens (primary N) is 1. The van der Waals surface area contributed by atoms with Gasteiger partial charge in [0.25, 0.3) is 0 Å². The molecule has 0 saturated heterocycles. The maximum Gasteiger partial charge on any atom is 0.236 e. The van der Waals surface area contributed by atoms with Gasteiger partial charge in [0.15, 0.2) is 0 Å². The van der Waals surface area contributed by atoms with Gasteiger partial charge in [0.1, 0.15) is 5.82 Å². The summed E-state index contributed by atoms with van der Waals surface area (Å²) in [5.74, 6) is 1.17.